The fourth-order valence-electron chi connectivity index (χ4n) is 1.78. The van der Waals surface area contributed by atoms with Gasteiger partial charge in [0.15, 0.2) is 0 Å². The molecule has 0 spiro atoms. The lowest BCUT2D eigenvalue weighted by Crippen LogP contribution is -2.27. The lowest BCUT2D eigenvalue weighted by Gasteiger charge is -2.07. The summed E-state index contributed by atoms with van der Waals surface area (Å²) in [6, 6.07) is 12.7. The highest BCUT2D eigenvalue weighted by Gasteiger charge is 2.13. The quantitative estimate of drug-likeness (QED) is 0.483. The lowest BCUT2D eigenvalue weighted by atomic mass is 10.2. The van der Waals surface area contributed by atoms with E-state index in [9.17, 15) is 9.59 Å². The first kappa shape index (κ1) is 17.0. The largest absolute Gasteiger partial charge is 0.465 e. The van der Waals surface area contributed by atoms with Gasteiger partial charge < -0.3 is 14.5 Å². The zero-order valence-corrected chi connectivity index (χ0v) is 13.0. The van der Waals surface area contributed by atoms with E-state index in [4.69, 9.17) is 9.15 Å². The molecule has 1 aromatic heterocycles. The molecule has 5 nitrogen and oxygen atoms in total. The van der Waals surface area contributed by atoms with Gasteiger partial charge in [-0.25, -0.2) is 4.79 Å². The summed E-state index contributed by atoms with van der Waals surface area (Å²) in [5.41, 5.74) is 0.855. The molecule has 2 aromatic rings. The number of rotatable bonds is 7. The number of nitrogens with one attached hydrogen (secondary N) is 1. The Kier molecular flexibility index (Phi) is 6.35. The number of hydrogen-bond acceptors (Lipinski definition) is 4. The van der Waals surface area contributed by atoms with Crippen LogP contribution in [0.25, 0.3) is 12.2 Å². The van der Waals surface area contributed by atoms with Gasteiger partial charge in [-0.3, -0.25) is 4.79 Å². The third-order valence-electron chi connectivity index (χ3n) is 2.87. The van der Waals surface area contributed by atoms with Gasteiger partial charge in [-0.1, -0.05) is 43.0 Å². The fourth-order valence-corrected chi connectivity index (χ4v) is 1.78. The van der Waals surface area contributed by atoms with E-state index >= 15 is 0 Å². The molecule has 0 aliphatic heterocycles. The van der Waals surface area contributed by atoms with Crippen LogP contribution < -0.4 is 5.32 Å². The molecule has 0 unspecified atom stereocenters. The van der Waals surface area contributed by atoms with Crippen LogP contribution in [0.15, 0.2) is 77.6 Å². The molecular formula is C19H17NO4. The van der Waals surface area contributed by atoms with Crippen molar-refractivity contribution in [3.63, 3.8) is 0 Å². The summed E-state index contributed by atoms with van der Waals surface area (Å²) in [7, 11) is 0. The first-order valence-corrected chi connectivity index (χ1v) is 7.26. The Balaban J connectivity index is 2.09. The highest BCUT2D eigenvalue weighted by molar-refractivity contribution is 6.01. The molecule has 0 aliphatic rings. The molecule has 1 N–H and O–H groups in total. The normalized spacial score (nSPS) is 11.2. The molecule has 24 heavy (non-hydrogen) atoms. The van der Waals surface area contributed by atoms with Crippen molar-refractivity contribution in [2.45, 2.75) is 0 Å². The molecular weight excluding hydrogens is 306 g/mol. The van der Waals surface area contributed by atoms with E-state index in [1.54, 1.807) is 18.2 Å². The predicted octanol–water partition coefficient (Wildman–Crippen LogP) is 3.18. The Morgan fingerprint density at radius 1 is 1.17 bits per heavy atom. The summed E-state index contributed by atoms with van der Waals surface area (Å²) in [6.45, 7) is 3.52. The van der Waals surface area contributed by atoms with Gasteiger partial charge >= 0.3 is 5.97 Å². The van der Waals surface area contributed by atoms with Crippen molar-refractivity contribution < 1.29 is 18.7 Å². The number of hydrogen-bond donors (Lipinski definition) is 1. The van der Waals surface area contributed by atoms with Crippen molar-refractivity contribution in [3.8, 4) is 0 Å². The van der Waals surface area contributed by atoms with Gasteiger partial charge in [-0.05, 0) is 23.8 Å². The monoisotopic (exact) mass is 323 g/mol. The highest BCUT2D eigenvalue weighted by Crippen LogP contribution is 2.08. The van der Waals surface area contributed by atoms with E-state index in [1.165, 1.54) is 24.5 Å². The molecule has 122 valence electrons. The molecule has 5 heteroatoms. The Morgan fingerprint density at radius 3 is 2.62 bits per heavy atom. The minimum atomic E-state index is -0.673. The molecule has 1 aromatic carbocycles. The van der Waals surface area contributed by atoms with Crippen LogP contribution in [0.3, 0.4) is 0 Å². The minimum absolute atomic E-state index is 0.0190. The summed E-state index contributed by atoms with van der Waals surface area (Å²) in [5.74, 6) is -0.701. The molecule has 0 saturated carbocycles. The fraction of sp³-hybridized carbons (Fsp3) is 0.0526. The highest BCUT2D eigenvalue weighted by atomic mass is 16.5. The molecule has 1 heterocycles. The Hall–Kier alpha value is -3.34. The average Bonchev–Trinajstić information content (AvgIpc) is 3.11. The summed E-state index contributed by atoms with van der Waals surface area (Å²) in [5, 5.41) is 2.50. The molecule has 2 rings (SSSR count). The minimum Gasteiger partial charge on any atom is -0.465 e. The number of carbonyl (C=O) groups excluding carboxylic acids is 2. The standard InChI is InChI=1S/C19H17NO4/c1-2-12-24-19(22)17(14-16-9-6-13-23-16)20-18(21)11-10-15-7-4-3-5-8-15/h2-11,13-14H,1,12H2,(H,20,21)/b11-10+,17-14-. The van der Waals surface area contributed by atoms with Gasteiger partial charge in [0.05, 0.1) is 6.26 Å². The van der Waals surface area contributed by atoms with E-state index in [2.05, 4.69) is 11.9 Å². The van der Waals surface area contributed by atoms with Crippen molar-refractivity contribution in [3.05, 3.63) is 84.5 Å². The van der Waals surface area contributed by atoms with Gasteiger partial charge in [0.1, 0.15) is 18.1 Å². The third kappa shape index (κ3) is 5.46. The van der Waals surface area contributed by atoms with Crippen molar-refractivity contribution in [1.82, 2.24) is 5.32 Å². The molecule has 0 saturated heterocycles. The molecule has 0 atom stereocenters. The first-order chi connectivity index (χ1) is 11.7. The smallest absolute Gasteiger partial charge is 0.355 e. The first-order valence-electron chi connectivity index (χ1n) is 7.26. The molecule has 0 fully saturated rings. The second-order valence-corrected chi connectivity index (χ2v) is 4.69. The Labute approximate surface area is 139 Å². The van der Waals surface area contributed by atoms with Crippen LogP contribution in [0.1, 0.15) is 11.3 Å². The Morgan fingerprint density at radius 2 is 1.96 bits per heavy atom. The molecule has 0 aliphatic carbocycles. The van der Waals surface area contributed by atoms with Gasteiger partial charge in [0.25, 0.3) is 0 Å². The number of benzene rings is 1. The Bertz CT molecular complexity index is 743. The average molecular weight is 323 g/mol. The number of furan rings is 1. The summed E-state index contributed by atoms with van der Waals surface area (Å²) in [4.78, 5) is 24.1. The number of ether oxygens (including phenoxy) is 1. The second-order valence-electron chi connectivity index (χ2n) is 4.69. The van der Waals surface area contributed by atoms with Crippen molar-refractivity contribution in [2.75, 3.05) is 6.61 Å². The molecule has 0 radical (unpaired) electrons. The summed E-state index contributed by atoms with van der Waals surface area (Å²) in [6.07, 6.45) is 7.30. The van der Waals surface area contributed by atoms with Crippen LogP contribution in [0.5, 0.6) is 0 Å². The van der Waals surface area contributed by atoms with Gasteiger partial charge in [-0.15, -0.1) is 0 Å². The zero-order chi connectivity index (χ0) is 17.2. The van der Waals surface area contributed by atoms with Crippen LogP contribution in [0, 0.1) is 0 Å². The third-order valence-corrected chi connectivity index (χ3v) is 2.87. The number of carbonyl (C=O) groups is 2. The summed E-state index contributed by atoms with van der Waals surface area (Å²) >= 11 is 0. The van der Waals surface area contributed by atoms with Gasteiger partial charge in [-0.2, -0.15) is 0 Å². The SMILES string of the molecule is C=CCOC(=O)/C(=C/c1ccco1)NC(=O)/C=C/c1ccccc1. The topological polar surface area (TPSA) is 68.5 Å². The van der Waals surface area contributed by atoms with Crippen LogP contribution in [-0.2, 0) is 14.3 Å². The number of esters is 1. The molecule has 0 bridgehead atoms. The van der Waals surface area contributed by atoms with Crippen LogP contribution >= 0.6 is 0 Å². The maximum atomic E-state index is 12.0. The second kappa shape index (κ2) is 8.95. The van der Waals surface area contributed by atoms with Crippen LogP contribution in [-0.4, -0.2) is 18.5 Å². The van der Waals surface area contributed by atoms with E-state index < -0.39 is 11.9 Å². The maximum Gasteiger partial charge on any atom is 0.355 e. The van der Waals surface area contributed by atoms with E-state index in [-0.39, 0.29) is 12.3 Å². The van der Waals surface area contributed by atoms with Crippen molar-refractivity contribution in [2.24, 2.45) is 0 Å². The maximum absolute atomic E-state index is 12.0. The van der Waals surface area contributed by atoms with Crippen molar-refractivity contribution in [1.29, 1.82) is 0 Å². The molecule has 1 amide bonds. The lowest BCUT2D eigenvalue weighted by molar-refractivity contribution is -0.139. The van der Waals surface area contributed by atoms with Gasteiger partial charge in [0, 0.05) is 12.2 Å². The van der Waals surface area contributed by atoms with Crippen molar-refractivity contribution >= 4 is 24.0 Å². The summed E-state index contributed by atoms with van der Waals surface area (Å²) < 4.78 is 10.1. The van der Waals surface area contributed by atoms with Gasteiger partial charge in [0.2, 0.25) is 5.91 Å². The number of amides is 1. The zero-order valence-electron chi connectivity index (χ0n) is 13.0. The van der Waals surface area contributed by atoms with Crippen LogP contribution in [0.2, 0.25) is 0 Å². The van der Waals surface area contributed by atoms with E-state index in [0.717, 1.165) is 5.56 Å². The predicted molar refractivity (Wildman–Crippen MR) is 91.5 cm³/mol. The van der Waals surface area contributed by atoms with Crippen LogP contribution in [0.4, 0.5) is 0 Å². The van der Waals surface area contributed by atoms with E-state index in [0.29, 0.717) is 5.76 Å². The van der Waals surface area contributed by atoms with E-state index in [1.807, 2.05) is 30.3 Å².